The van der Waals surface area contributed by atoms with Gasteiger partial charge in [0.05, 0.1) is 18.8 Å². The molecule has 2 spiro atoms. The van der Waals surface area contributed by atoms with Crippen LogP contribution in [0.1, 0.15) is 39.5 Å². The van der Waals surface area contributed by atoms with Crippen LogP contribution in [-0.4, -0.2) is 56.9 Å². The van der Waals surface area contributed by atoms with Crippen molar-refractivity contribution in [1.29, 1.82) is 0 Å². The average Bonchev–Trinajstić information content (AvgIpc) is 2.69. The summed E-state index contributed by atoms with van der Waals surface area (Å²) >= 11 is 0. The van der Waals surface area contributed by atoms with Crippen molar-refractivity contribution in [2.24, 2.45) is 34.0 Å². The van der Waals surface area contributed by atoms with Crippen LogP contribution in [0.4, 0.5) is 0 Å². The summed E-state index contributed by atoms with van der Waals surface area (Å²) in [7, 11) is 0. The zero-order valence-electron chi connectivity index (χ0n) is 15.3. The van der Waals surface area contributed by atoms with Crippen LogP contribution in [0.5, 0.6) is 0 Å². The highest BCUT2D eigenvalue weighted by atomic mass is 16.6. The van der Waals surface area contributed by atoms with Crippen LogP contribution in [0, 0.1) is 34.0 Å². The minimum absolute atomic E-state index is 0.0966. The Labute approximate surface area is 152 Å². The van der Waals surface area contributed by atoms with Crippen LogP contribution >= 0.6 is 0 Å². The summed E-state index contributed by atoms with van der Waals surface area (Å²) in [6, 6.07) is 0. The second kappa shape index (κ2) is 4.61. The molecule has 144 valence electrons. The van der Waals surface area contributed by atoms with Gasteiger partial charge in [-0.15, -0.1) is 0 Å². The fourth-order valence-electron chi connectivity index (χ4n) is 7.90. The van der Waals surface area contributed by atoms with Crippen LogP contribution < -0.4 is 0 Å². The fraction of sp³-hybridized carbons (Fsp3) is 0.850. The number of ether oxygens (including phenoxy) is 1. The van der Waals surface area contributed by atoms with Crippen molar-refractivity contribution in [1.82, 2.24) is 0 Å². The molecule has 6 nitrogen and oxygen atoms in total. The Bertz CT molecular complexity index is 717. The van der Waals surface area contributed by atoms with Crippen LogP contribution in [0.3, 0.4) is 0 Å². The van der Waals surface area contributed by atoms with E-state index in [1.165, 1.54) is 0 Å². The van der Waals surface area contributed by atoms with Gasteiger partial charge < -0.3 is 25.2 Å². The van der Waals surface area contributed by atoms with Gasteiger partial charge in [0.25, 0.3) is 0 Å². The summed E-state index contributed by atoms with van der Waals surface area (Å²) in [5.74, 6) is -3.80. The highest BCUT2D eigenvalue weighted by Crippen LogP contribution is 2.76. The Balaban J connectivity index is 1.81. The van der Waals surface area contributed by atoms with Crippen molar-refractivity contribution in [3.05, 3.63) is 12.2 Å². The molecule has 0 aromatic heterocycles. The number of carbonyl (C=O) groups is 1. The van der Waals surface area contributed by atoms with E-state index in [4.69, 9.17) is 4.74 Å². The first-order valence-corrected chi connectivity index (χ1v) is 9.71. The molecule has 0 amide bonds. The lowest BCUT2D eigenvalue weighted by Gasteiger charge is -2.74. The van der Waals surface area contributed by atoms with Gasteiger partial charge in [0, 0.05) is 17.3 Å². The monoisotopic (exact) mass is 364 g/mol. The molecule has 9 atom stereocenters. The van der Waals surface area contributed by atoms with Crippen molar-refractivity contribution in [3.8, 4) is 0 Å². The molecule has 4 aliphatic carbocycles. The largest absolute Gasteiger partial charge is 0.392 e. The van der Waals surface area contributed by atoms with E-state index in [1.54, 1.807) is 0 Å². The lowest BCUT2D eigenvalue weighted by molar-refractivity contribution is -0.458. The summed E-state index contributed by atoms with van der Waals surface area (Å²) in [6.07, 6.45) is -0.747. The van der Waals surface area contributed by atoms with E-state index in [9.17, 15) is 25.2 Å². The third-order valence-electron chi connectivity index (χ3n) is 8.88. The van der Waals surface area contributed by atoms with Gasteiger partial charge in [-0.25, -0.2) is 0 Å². The number of Topliss-reactive ketones (excluding diaryl/α,β-unsaturated/α-hetero) is 1. The first-order chi connectivity index (χ1) is 12.1. The maximum Gasteiger partial charge on any atom is 0.208 e. The maximum atomic E-state index is 13.3. The van der Waals surface area contributed by atoms with Crippen LogP contribution in [-0.2, 0) is 9.53 Å². The Hall–Kier alpha value is -0.790. The molecule has 6 rings (SSSR count). The molecule has 2 saturated heterocycles. The van der Waals surface area contributed by atoms with Gasteiger partial charge in [-0.05, 0) is 42.6 Å². The molecular formula is C20H28O6. The van der Waals surface area contributed by atoms with Gasteiger partial charge in [0.2, 0.25) is 5.79 Å². The lowest BCUT2D eigenvalue weighted by Crippen LogP contribution is -2.85. The Morgan fingerprint density at radius 3 is 2.50 bits per heavy atom. The first-order valence-electron chi connectivity index (χ1n) is 9.71. The van der Waals surface area contributed by atoms with E-state index in [1.807, 2.05) is 13.8 Å². The summed E-state index contributed by atoms with van der Waals surface area (Å²) in [6.45, 7) is 8.07. The Morgan fingerprint density at radius 1 is 1.12 bits per heavy atom. The number of ketones is 1. The van der Waals surface area contributed by atoms with Gasteiger partial charge in [-0.3, -0.25) is 4.79 Å². The molecule has 0 aromatic carbocycles. The summed E-state index contributed by atoms with van der Waals surface area (Å²) in [5.41, 5.74) is -2.49. The van der Waals surface area contributed by atoms with E-state index < -0.39 is 58.5 Å². The van der Waals surface area contributed by atoms with Gasteiger partial charge in [-0.2, -0.15) is 0 Å². The number of fused-ring (bicyclic) bond motifs is 2. The van der Waals surface area contributed by atoms with E-state index in [0.29, 0.717) is 24.8 Å². The number of hydrogen-bond donors (Lipinski definition) is 4. The smallest absolute Gasteiger partial charge is 0.208 e. The molecule has 1 unspecified atom stereocenters. The minimum atomic E-state index is -2.15. The van der Waals surface area contributed by atoms with Crippen molar-refractivity contribution in [2.75, 3.05) is 6.61 Å². The standard InChI is InChI=1S/C20H28O6/c1-9-10-4-5-11-18-8-26-20(25,19(11,14(9)22)15(10)23)16(24)13(18)17(2,3)7-6-12(18)21/h10-13,15-16,21,23-25H,1,4-8H2,2-3H3/t10-,11?,12-,13+,15+,16-,18+,19-,20+/m0/s1. The number of aliphatic hydroxyl groups is 4. The quantitative estimate of drug-likeness (QED) is 0.463. The van der Waals surface area contributed by atoms with Crippen molar-refractivity contribution in [2.45, 2.75) is 63.6 Å². The number of carbonyl (C=O) groups excluding carboxylic acids is 1. The average molecular weight is 364 g/mol. The first kappa shape index (κ1) is 17.3. The van der Waals surface area contributed by atoms with Crippen molar-refractivity contribution in [3.63, 3.8) is 0 Å². The summed E-state index contributed by atoms with van der Waals surface area (Å²) < 4.78 is 5.80. The lowest BCUT2D eigenvalue weighted by atomic mass is 9.35. The second-order valence-corrected chi connectivity index (χ2v) is 9.97. The third-order valence-corrected chi connectivity index (χ3v) is 8.88. The van der Waals surface area contributed by atoms with Gasteiger partial charge >= 0.3 is 0 Å². The molecule has 4 saturated carbocycles. The molecule has 0 radical (unpaired) electrons. The van der Waals surface area contributed by atoms with Gasteiger partial charge in [0.15, 0.2) is 5.78 Å². The molecule has 2 aliphatic heterocycles. The predicted molar refractivity (Wildman–Crippen MR) is 90.7 cm³/mol. The summed E-state index contributed by atoms with van der Waals surface area (Å²) in [4.78, 5) is 13.3. The zero-order chi connectivity index (χ0) is 18.9. The molecule has 6 heteroatoms. The topological polar surface area (TPSA) is 107 Å². The fourth-order valence-corrected chi connectivity index (χ4v) is 7.90. The zero-order valence-corrected chi connectivity index (χ0v) is 15.3. The SMILES string of the molecule is C=C1C(=O)[C@@]23C(CC[C@@H]1[C@H]2O)[C@@]12CO[C@]3(O)[C@@H](O)[C@@H]1C(C)(C)CC[C@@H]2O. The van der Waals surface area contributed by atoms with E-state index in [0.717, 1.165) is 6.42 Å². The summed E-state index contributed by atoms with van der Waals surface area (Å²) in [5, 5.41) is 45.1. The van der Waals surface area contributed by atoms with Crippen LogP contribution in [0.25, 0.3) is 0 Å². The van der Waals surface area contributed by atoms with Gasteiger partial charge in [-0.1, -0.05) is 20.4 Å². The van der Waals surface area contributed by atoms with Crippen LogP contribution in [0.15, 0.2) is 12.2 Å². The molecule has 0 aromatic rings. The minimum Gasteiger partial charge on any atom is -0.392 e. The molecule has 6 aliphatic rings. The van der Waals surface area contributed by atoms with E-state index >= 15 is 0 Å². The molecule has 4 N–H and O–H groups in total. The molecule has 4 bridgehead atoms. The molecule has 6 fully saturated rings. The van der Waals surface area contributed by atoms with E-state index in [-0.39, 0.29) is 12.0 Å². The Morgan fingerprint density at radius 2 is 1.81 bits per heavy atom. The van der Waals surface area contributed by atoms with Gasteiger partial charge in [0.1, 0.15) is 11.5 Å². The normalized spacial score (nSPS) is 59.9. The molecule has 2 heterocycles. The Kier molecular flexibility index (Phi) is 3.07. The number of rotatable bonds is 0. The molecular weight excluding hydrogens is 336 g/mol. The molecule has 26 heavy (non-hydrogen) atoms. The maximum absolute atomic E-state index is 13.3. The highest BCUT2D eigenvalue weighted by molar-refractivity contribution is 6.05. The van der Waals surface area contributed by atoms with Crippen molar-refractivity contribution < 1.29 is 30.0 Å². The van der Waals surface area contributed by atoms with E-state index in [2.05, 4.69) is 6.58 Å². The highest BCUT2D eigenvalue weighted by Gasteiger charge is 2.86. The second-order valence-electron chi connectivity index (χ2n) is 9.97. The number of aliphatic hydroxyl groups excluding tert-OH is 3. The van der Waals surface area contributed by atoms with Crippen molar-refractivity contribution >= 4 is 5.78 Å². The number of hydrogen-bond acceptors (Lipinski definition) is 6. The van der Waals surface area contributed by atoms with Crippen LogP contribution in [0.2, 0.25) is 0 Å². The predicted octanol–water partition coefficient (Wildman–Crippen LogP) is 0.376. The third kappa shape index (κ3) is 1.41.